The van der Waals surface area contributed by atoms with Gasteiger partial charge in [-0.3, -0.25) is 4.79 Å². The number of rotatable bonds is 9. The number of carbonyl (C=O) groups is 1. The van der Waals surface area contributed by atoms with Crippen LogP contribution in [0.5, 0.6) is 5.75 Å². The van der Waals surface area contributed by atoms with Crippen molar-refractivity contribution in [1.29, 1.82) is 5.26 Å². The highest BCUT2D eigenvalue weighted by molar-refractivity contribution is 5.80. The molecule has 1 aromatic rings. The summed E-state index contributed by atoms with van der Waals surface area (Å²) in [6.45, 7) is 5.73. The summed E-state index contributed by atoms with van der Waals surface area (Å²) in [6, 6.07) is 5.84. The number of halogens is 1. The smallest absolute Gasteiger partial charge is 0.312 e. The van der Waals surface area contributed by atoms with E-state index in [2.05, 4.69) is 11.4 Å². The molecule has 0 aliphatic carbocycles. The molecule has 6 nitrogen and oxygen atoms in total. The number of nitrogens with zero attached hydrogens (tertiary/aromatic N) is 1. The summed E-state index contributed by atoms with van der Waals surface area (Å²) in [6.07, 6.45) is 1.75. The van der Waals surface area contributed by atoms with Crippen molar-refractivity contribution in [3.8, 4) is 11.8 Å². The van der Waals surface area contributed by atoms with E-state index in [0.717, 1.165) is 0 Å². The second kappa shape index (κ2) is 9.94. The Balaban J connectivity index is 2.88. The topological polar surface area (TPSA) is 91.6 Å². The zero-order valence-electron chi connectivity index (χ0n) is 18.3. The molecule has 0 radical (unpaired) electrons. The molecule has 0 saturated heterocycles. The molecule has 0 aromatic heterocycles. The number of ether oxygens (including phenoxy) is 2. The normalized spacial score (nSPS) is 24.7. The van der Waals surface area contributed by atoms with E-state index in [9.17, 15) is 19.6 Å². The van der Waals surface area contributed by atoms with Gasteiger partial charge >= 0.3 is 5.97 Å². The largest absolute Gasteiger partial charge is 0.496 e. The number of nitriles is 1. The first-order valence-corrected chi connectivity index (χ1v) is 10.3. The van der Waals surface area contributed by atoms with Crippen molar-refractivity contribution in [1.82, 2.24) is 5.32 Å². The summed E-state index contributed by atoms with van der Waals surface area (Å²) in [7, 11) is 3.01. The third-order valence-corrected chi connectivity index (χ3v) is 6.11. The first kappa shape index (κ1) is 23.7. The maximum Gasteiger partial charge on any atom is 0.312 e. The zero-order valence-corrected chi connectivity index (χ0v) is 18.3. The minimum Gasteiger partial charge on any atom is -0.496 e. The summed E-state index contributed by atoms with van der Waals surface area (Å²) >= 11 is 0. The van der Waals surface area contributed by atoms with Crippen LogP contribution in [0.25, 0.3) is 0 Å². The average Bonchev–Trinajstić information content (AvgIpc) is 2.73. The number of aliphatic carboxylic acids is 1. The predicted octanol–water partition coefficient (Wildman–Crippen LogP) is 4.37. The van der Waals surface area contributed by atoms with Gasteiger partial charge in [0.05, 0.1) is 30.3 Å². The number of allylic oxidation sites excluding steroid dienone is 2. The third-order valence-electron chi connectivity index (χ3n) is 6.11. The summed E-state index contributed by atoms with van der Waals surface area (Å²) in [5.41, 5.74) is 0.250. The Labute approximate surface area is 177 Å². The van der Waals surface area contributed by atoms with Gasteiger partial charge in [-0.05, 0) is 32.3 Å². The highest BCUT2D eigenvalue weighted by Gasteiger charge is 2.57. The summed E-state index contributed by atoms with van der Waals surface area (Å²) in [5, 5.41) is 24.0. The summed E-state index contributed by atoms with van der Waals surface area (Å²) < 4.78 is 24.8. The van der Waals surface area contributed by atoms with Crippen LogP contribution in [-0.4, -0.2) is 37.4 Å². The van der Waals surface area contributed by atoms with E-state index < -0.39 is 29.2 Å². The second-order valence-electron chi connectivity index (χ2n) is 7.75. The predicted molar refractivity (Wildman–Crippen MR) is 112 cm³/mol. The fourth-order valence-corrected chi connectivity index (χ4v) is 4.64. The SMILES string of the molecule is CCCC1(C(=O)O)C(CC(C)OC)NC(CC)=C(C#N)C1c1ccc(F)cc1OC. The third kappa shape index (κ3) is 4.15. The van der Waals surface area contributed by atoms with Crippen LogP contribution in [0.1, 0.15) is 57.9 Å². The molecule has 1 heterocycles. The van der Waals surface area contributed by atoms with E-state index in [0.29, 0.717) is 42.5 Å². The zero-order chi connectivity index (χ0) is 22.5. The minimum absolute atomic E-state index is 0.185. The van der Waals surface area contributed by atoms with Gasteiger partial charge in [-0.2, -0.15) is 5.26 Å². The van der Waals surface area contributed by atoms with Crippen LogP contribution in [-0.2, 0) is 9.53 Å². The van der Waals surface area contributed by atoms with Gasteiger partial charge in [0.2, 0.25) is 0 Å². The quantitative estimate of drug-likeness (QED) is 0.619. The Morgan fingerprint density at radius 2 is 2.10 bits per heavy atom. The first-order chi connectivity index (χ1) is 14.3. The first-order valence-electron chi connectivity index (χ1n) is 10.3. The highest BCUT2D eigenvalue weighted by Crippen LogP contribution is 2.54. The molecule has 164 valence electrons. The molecule has 7 heteroatoms. The Kier molecular flexibility index (Phi) is 7.85. The van der Waals surface area contributed by atoms with Crippen molar-refractivity contribution in [3.63, 3.8) is 0 Å². The van der Waals surface area contributed by atoms with Crippen molar-refractivity contribution in [3.05, 3.63) is 40.8 Å². The van der Waals surface area contributed by atoms with Crippen molar-refractivity contribution in [2.24, 2.45) is 5.41 Å². The Morgan fingerprint density at radius 1 is 1.40 bits per heavy atom. The fraction of sp³-hybridized carbons (Fsp3) is 0.565. The van der Waals surface area contributed by atoms with E-state index >= 15 is 0 Å². The van der Waals surface area contributed by atoms with Crippen molar-refractivity contribution < 1.29 is 23.8 Å². The van der Waals surface area contributed by atoms with Gasteiger partial charge in [0, 0.05) is 36.4 Å². The lowest BCUT2D eigenvalue weighted by Crippen LogP contribution is -2.58. The molecule has 2 rings (SSSR count). The van der Waals surface area contributed by atoms with E-state index in [1.165, 1.54) is 19.2 Å². The monoisotopic (exact) mass is 418 g/mol. The molecule has 0 spiro atoms. The molecule has 1 aliphatic rings. The molecule has 0 saturated carbocycles. The van der Waals surface area contributed by atoms with Crippen LogP contribution in [0.2, 0.25) is 0 Å². The van der Waals surface area contributed by atoms with E-state index in [4.69, 9.17) is 9.47 Å². The van der Waals surface area contributed by atoms with Gasteiger partial charge in [-0.25, -0.2) is 4.39 Å². The lowest BCUT2D eigenvalue weighted by molar-refractivity contribution is -0.154. The van der Waals surface area contributed by atoms with Gasteiger partial charge < -0.3 is 19.9 Å². The molecule has 1 aromatic carbocycles. The van der Waals surface area contributed by atoms with Gasteiger partial charge in [-0.1, -0.05) is 26.3 Å². The van der Waals surface area contributed by atoms with Gasteiger partial charge in [0.25, 0.3) is 0 Å². The Hall–Kier alpha value is -2.59. The van der Waals surface area contributed by atoms with Gasteiger partial charge in [0.15, 0.2) is 0 Å². The molecular formula is C23H31FN2O4. The minimum atomic E-state index is -1.32. The van der Waals surface area contributed by atoms with Crippen molar-refractivity contribution >= 4 is 5.97 Å². The van der Waals surface area contributed by atoms with Crippen molar-refractivity contribution in [2.75, 3.05) is 14.2 Å². The molecular weight excluding hydrogens is 387 g/mol. The molecule has 1 aliphatic heterocycles. The summed E-state index contributed by atoms with van der Waals surface area (Å²) in [5.74, 6) is -2.01. The van der Waals surface area contributed by atoms with Crippen LogP contribution in [0.3, 0.4) is 0 Å². The number of carboxylic acid groups (broad SMARTS) is 1. The molecule has 4 unspecified atom stereocenters. The summed E-state index contributed by atoms with van der Waals surface area (Å²) in [4.78, 5) is 12.9. The Morgan fingerprint density at radius 3 is 2.60 bits per heavy atom. The molecule has 0 amide bonds. The number of nitrogens with one attached hydrogen (secondary N) is 1. The van der Waals surface area contributed by atoms with Crippen molar-refractivity contribution in [2.45, 2.75) is 64.5 Å². The van der Waals surface area contributed by atoms with Crippen LogP contribution in [0.4, 0.5) is 4.39 Å². The van der Waals surface area contributed by atoms with Crippen LogP contribution >= 0.6 is 0 Å². The average molecular weight is 419 g/mol. The standard InChI is InChI=1S/C23H31FN2O4/c1-6-10-23(22(27)28)20(11-14(3)29-4)26-18(7-2)17(13-25)21(23)16-9-8-15(24)12-19(16)30-5/h8-9,12,14,20-21,26H,6-7,10-11H2,1-5H3,(H,27,28). The van der Waals surface area contributed by atoms with Crippen LogP contribution < -0.4 is 10.1 Å². The van der Waals surface area contributed by atoms with E-state index in [1.54, 1.807) is 13.2 Å². The number of benzene rings is 1. The molecule has 4 atom stereocenters. The van der Waals surface area contributed by atoms with Gasteiger partial charge in [0.1, 0.15) is 11.6 Å². The lowest BCUT2D eigenvalue weighted by atomic mass is 9.59. The number of hydrogen-bond acceptors (Lipinski definition) is 5. The number of methoxy groups -OCH3 is 2. The molecule has 0 fully saturated rings. The lowest BCUT2D eigenvalue weighted by Gasteiger charge is -2.49. The highest BCUT2D eigenvalue weighted by atomic mass is 19.1. The Bertz CT molecular complexity index is 848. The fourth-order valence-electron chi connectivity index (χ4n) is 4.64. The second-order valence-corrected chi connectivity index (χ2v) is 7.75. The molecule has 2 N–H and O–H groups in total. The van der Waals surface area contributed by atoms with Crippen LogP contribution in [0, 0.1) is 22.6 Å². The number of hydrogen-bond donors (Lipinski definition) is 2. The van der Waals surface area contributed by atoms with E-state index in [-0.39, 0.29) is 11.9 Å². The van der Waals surface area contributed by atoms with Gasteiger partial charge in [-0.15, -0.1) is 0 Å². The number of carboxylic acids is 1. The van der Waals surface area contributed by atoms with Crippen LogP contribution in [0.15, 0.2) is 29.5 Å². The molecule has 30 heavy (non-hydrogen) atoms. The van der Waals surface area contributed by atoms with E-state index in [1.807, 2.05) is 20.8 Å². The molecule has 0 bridgehead atoms. The maximum atomic E-state index is 13.9. The maximum absolute atomic E-state index is 13.9.